The minimum absolute atomic E-state index is 0. The van der Waals surface area contributed by atoms with E-state index in [4.69, 9.17) is 0 Å². The van der Waals surface area contributed by atoms with Gasteiger partial charge in [0, 0.05) is 37.4 Å². The van der Waals surface area contributed by atoms with Crippen LogP contribution in [-0.4, -0.2) is 14.5 Å². The van der Waals surface area contributed by atoms with Crippen molar-refractivity contribution < 1.29 is 20.1 Å². The van der Waals surface area contributed by atoms with Gasteiger partial charge in [0.1, 0.15) is 0 Å². The molecule has 2 rings (SSSR count). The van der Waals surface area contributed by atoms with Gasteiger partial charge in [-0.25, -0.2) is 0 Å². The van der Waals surface area contributed by atoms with E-state index in [9.17, 15) is 0 Å². The van der Waals surface area contributed by atoms with Crippen LogP contribution in [0.4, 0.5) is 0 Å². The molecule has 1 radical (unpaired) electrons. The van der Waals surface area contributed by atoms with E-state index >= 15 is 0 Å². The second kappa shape index (κ2) is 5.19. The van der Waals surface area contributed by atoms with Gasteiger partial charge in [-0.05, 0) is 18.7 Å². The van der Waals surface area contributed by atoms with Crippen molar-refractivity contribution in [2.24, 2.45) is 0 Å². The summed E-state index contributed by atoms with van der Waals surface area (Å²) in [5.41, 5.74) is 1.09. The van der Waals surface area contributed by atoms with Gasteiger partial charge in [0.15, 0.2) is 0 Å². The molecule has 0 aliphatic heterocycles. The first-order chi connectivity index (χ1) is 6.81. The Hall–Kier alpha value is -0.991. The fourth-order valence-corrected chi connectivity index (χ4v) is 1.35. The molecule has 0 saturated heterocycles. The van der Waals surface area contributed by atoms with Crippen LogP contribution in [0.15, 0.2) is 24.4 Å². The van der Waals surface area contributed by atoms with Crippen LogP contribution in [0.2, 0.25) is 0 Å². The monoisotopic (exact) mass is 379 g/mol. The van der Waals surface area contributed by atoms with Gasteiger partial charge < -0.3 is 9.55 Å². The van der Waals surface area contributed by atoms with E-state index in [1.165, 1.54) is 0 Å². The average molecular weight is 378 g/mol. The van der Waals surface area contributed by atoms with Crippen LogP contribution >= 0.6 is 0 Å². The molecule has 4 heteroatoms. The van der Waals surface area contributed by atoms with E-state index in [2.05, 4.69) is 23.1 Å². The first-order valence-electron chi connectivity index (χ1n) is 4.69. The molecule has 81 valence electrons. The first kappa shape index (κ1) is 12.1. The number of hydrogen-bond acceptors (Lipinski definition) is 2. The number of aromatic nitrogens is 3. The number of pyridine rings is 1. The normalized spacial score (nSPS) is 9.73. The van der Waals surface area contributed by atoms with Crippen molar-refractivity contribution in [3.05, 3.63) is 42.1 Å². The fraction of sp³-hybridized carbons (Fsp3) is 0.273. The van der Waals surface area contributed by atoms with E-state index in [0.29, 0.717) is 0 Å². The minimum atomic E-state index is 0. The Morgan fingerprint density at radius 1 is 1.40 bits per heavy atom. The number of hydrogen-bond donors (Lipinski definition) is 0. The smallest absolute Gasteiger partial charge is 0.0275 e. The Morgan fingerprint density at radius 2 is 2.20 bits per heavy atom. The van der Waals surface area contributed by atoms with Crippen LogP contribution in [-0.2, 0) is 26.5 Å². The average Bonchev–Trinajstić information content (AvgIpc) is 2.65. The molecule has 0 aliphatic rings. The summed E-state index contributed by atoms with van der Waals surface area (Å²) in [6.45, 7) is 4.04. The van der Waals surface area contributed by atoms with Gasteiger partial charge in [0.25, 0.3) is 0 Å². The van der Waals surface area contributed by atoms with Crippen LogP contribution in [0.25, 0.3) is 5.82 Å². The van der Waals surface area contributed by atoms with Crippen molar-refractivity contribution in [1.82, 2.24) is 14.5 Å². The van der Waals surface area contributed by atoms with Crippen molar-refractivity contribution in [3.63, 3.8) is 0 Å². The van der Waals surface area contributed by atoms with Crippen molar-refractivity contribution in [2.45, 2.75) is 20.3 Å². The molecule has 0 aromatic carbocycles. The maximum Gasteiger partial charge on any atom is 0.0275 e. The summed E-state index contributed by atoms with van der Waals surface area (Å²) in [5, 5.41) is 0. The van der Waals surface area contributed by atoms with Crippen molar-refractivity contribution >= 4 is 0 Å². The summed E-state index contributed by atoms with van der Waals surface area (Å²) in [7, 11) is 0. The number of rotatable bonds is 2. The molecule has 2 aromatic heterocycles. The summed E-state index contributed by atoms with van der Waals surface area (Å²) < 4.78 is 1.86. The second-order valence-electron chi connectivity index (χ2n) is 3.11. The maximum atomic E-state index is 4.49. The topological polar surface area (TPSA) is 30.7 Å². The minimum Gasteiger partial charge on any atom is -0.451 e. The number of nitrogens with zero attached hydrogens (tertiary/aromatic N) is 3. The molecule has 0 N–H and O–H groups in total. The molecule has 0 spiro atoms. The zero-order valence-corrected chi connectivity index (χ0v) is 11.1. The van der Waals surface area contributed by atoms with Gasteiger partial charge in [0.2, 0.25) is 0 Å². The largest absolute Gasteiger partial charge is 0.451 e. The quantitative estimate of drug-likeness (QED) is 0.748. The predicted molar refractivity (Wildman–Crippen MR) is 54.3 cm³/mol. The van der Waals surface area contributed by atoms with E-state index in [-0.39, 0.29) is 20.1 Å². The molecule has 15 heavy (non-hydrogen) atoms. The van der Waals surface area contributed by atoms with Crippen LogP contribution in [0.3, 0.4) is 0 Å². The molecule has 0 fully saturated rings. The molecule has 2 heterocycles. The number of imidazole rings is 1. The molecular weight excluding hydrogens is 366 g/mol. The van der Waals surface area contributed by atoms with Crippen LogP contribution in [0.5, 0.6) is 0 Å². The van der Waals surface area contributed by atoms with Gasteiger partial charge >= 0.3 is 0 Å². The van der Waals surface area contributed by atoms with Crippen molar-refractivity contribution in [2.75, 3.05) is 0 Å². The molecule has 0 amide bonds. The van der Waals surface area contributed by atoms with E-state index < -0.39 is 0 Å². The predicted octanol–water partition coefficient (Wildman–Crippen LogP) is 1.94. The van der Waals surface area contributed by atoms with Gasteiger partial charge in [-0.15, -0.1) is 0 Å². The zero-order chi connectivity index (χ0) is 9.97. The summed E-state index contributed by atoms with van der Waals surface area (Å²) in [6.07, 6.45) is 5.62. The van der Waals surface area contributed by atoms with Crippen molar-refractivity contribution in [1.29, 1.82) is 0 Å². The van der Waals surface area contributed by atoms with Crippen molar-refractivity contribution in [3.8, 4) is 5.82 Å². The summed E-state index contributed by atoms with van der Waals surface area (Å²) in [5.74, 6) is 1.80. The Balaban J connectivity index is 0.00000112. The third-order valence-electron chi connectivity index (χ3n) is 2.15. The van der Waals surface area contributed by atoms with Gasteiger partial charge in [0.05, 0.1) is 0 Å². The maximum absolute atomic E-state index is 4.49. The Bertz CT molecular complexity index is 437. The van der Waals surface area contributed by atoms with Gasteiger partial charge in [-0.3, -0.25) is 4.98 Å². The molecule has 0 atom stereocenters. The van der Waals surface area contributed by atoms with Crippen LogP contribution in [0.1, 0.15) is 18.4 Å². The molecular formula is C11H12IrN3-. The Morgan fingerprint density at radius 3 is 2.80 bits per heavy atom. The zero-order valence-electron chi connectivity index (χ0n) is 8.69. The SMILES string of the molecule is CCc1cccc(-n2[c-]cnc2C)n1.[Ir]. The van der Waals surface area contributed by atoms with E-state index in [1.54, 1.807) is 6.20 Å². The standard InChI is InChI=1S/C11H12N3.Ir/c1-3-10-5-4-6-11(13-10)14-8-7-12-9(14)2;/h4-7H,3H2,1-2H3;/q-1;. The van der Waals surface area contributed by atoms with Crippen LogP contribution in [0, 0.1) is 13.1 Å². The summed E-state index contributed by atoms with van der Waals surface area (Å²) in [6, 6.07) is 5.99. The van der Waals surface area contributed by atoms with Gasteiger partial charge in [-0.1, -0.05) is 32.2 Å². The Kier molecular flexibility index (Phi) is 4.18. The molecule has 0 bridgehead atoms. The Labute approximate surface area is 103 Å². The third-order valence-corrected chi connectivity index (χ3v) is 2.15. The van der Waals surface area contributed by atoms with E-state index in [1.807, 2.05) is 29.7 Å². The van der Waals surface area contributed by atoms with Gasteiger partial charge in [-0.2, -0.15) is 0 Å². The molecule has 0 saturated carbocycles. The molecule has 3 nitrogen and oxygen atoms in total. The third kappa shape index (κ3) is 2.52. The van der Waals surface area contributed by atoms with E-state index in [0.717, 1.165) is 23.8 Å². The number of aryl methyl sites for hydroxylation is 2. The summed E-state index contributed by atoms with van der Waals surface area (Å²) in [4.78, 5) is 8.60. The molecule has 0 aliphatic carbocycles. The molecule has 0 unspecified atom stereocenters. The first-order valence-corrected chi connectivity index (χ1v) is 4.69. The molecule has 2 aromatic rings. The second-order valence-corrected chi connectivity index (χ2v) is 3.11. The van der Waals surface area contributed by atoms with Crippen LogP contribution < -0.4 is 0 Å². The fourth-order valence-electron chi connectivity index (χ4n) is 1.35. The summed E-state index contributed by atoms with van der Waals surface area (Å²) >= 11 is 0.